The minimum absolute atomic E-state index is 0.226. The topological polar surface area (TPSA) is 43.4 Å². The molecule has 0 aromatic heterocycles. The molecule has 4 bridgehead atoms. The average molecular weight is 326 g/mol. The van der Waals surface area contributed by atoms with Gasteiger partial charge in [0.05, 0.1) is 18.5 Å². The maximum atomic E-state index is 11.9. The molecule has 0 aromatic rings. The molecule has 19 heavy (non-hydrogen) atoms. The molecule has 4 aliphatic rings. The Morgan fingerprint density at radius 2 is 1.53 bits per heavy atom. The van der Waals surface area contributed by atoms with Crippen molar-refractivity contribution in [2.75, 3.05) is 6.61 Å². The van der Waals surface area contributed by atoms with E-state index in [4.69, 9.17) is 39.4 Å². The first-order valence-electron chi connectivity index (χ1n) is 6.49. The lowest BCUT2D eigenvalue weighted by atomic mass is 9.40. The van der Waals surface area contributed by atoms with Crippen LogP contribution < -0.4 is 0 Å². The number of hydrogen-bond donors (Lipinski definition) is 0. The molecular formula is C13H15Cl3O3. The zero-order valence-corrected chi connectivity index (χ0v) is 12.7. The van der Waals surface area contributed by atoms with E-state index in [1.807, 2.05) is 0 Å². The third-order valence-corrected chi connectivity index (χ3v) is 6.29. The molecule has 2 unspecified atom stereocenters. The van der Waals surface area contributed by atoms with Gasteiger partial charge in [-0.05, 0) is 73.1 Å². The molecule has 0 aliphatic heterocycles. The fraction of sp³-hybridized carbons (Fsp3) is 0.846. The Morgan fingerprint density at radius 3 is 1.95 bits per heavy atom. The minimum atomic E-state index is -0.610. The predicted molar refractivity (Wildman–Crippen MR) is 72.0 cm³/mol. The van der Waals surface area contributed by atoms with E-state index >= 15 is 0 Å². The summed E-state index contributed by atoms with van der Waals surface area (Å²) in [5.74, 6) is 0.313. The van der Waals surface area contributed by atoms with Crippen molar-refractivity contribution in [3.63, 3.8) is 0 Å². The average Bonchev–Trinajstić information content (AvgIpc) is 2.26. The van der Waals surface area contributed by atoms with E-state index in [9.17, 15) is 9.59 Å². The second kappa shape index (κ2) is 4.33. The van der Waals surface area contributed by atoms with Gasteiger partial charge >= 0.3 is 0 Å². The van der Waals surface area contributed by atoms with Crippen LogP contribution in [0.25, 0.3) is 0 Å². The Labute approximate surface area is 127 Å². The SMILES string of the molecule is O=C(Cl)C12CC3CC(COCl)(C1)CC(C(=O)Cl)(C3)C2. The lowest BCUT2D eigenvalue weighted by Gasteiger charge is -2.64. The van der Waals surface area contributed by atoms with Crippen LogP contribution in [0.15, 0.2) is 0 Å². The molecule has 4 saturated carbocycles. The molecule has 4 fully saturated rings. The van der Waals surface area contributed by atoms with Crippen LogP contribution in [0.2, 0.25) is 0 Å². The first-order valence-corrected chi connectivity index (χ1v) is 7.55. The Balaban J connectivity index is 2.05. The highest BCUT2D eigenvalue weighted by Crippen LogP contribution is 2.70. The van der Waals surface area contributed by atoms with Gasteiger partial charge in [0.25, 0.3) is 0 Å². The number of rotatable bonds is 4. The summed E-state index contributed by atoms with van der Waals surface area (Å²) in [6, 6.07) is 0. The summed E-state index contributed by atoms with van der Waals surface area (Å²) in [6.45, 7) is 0.350. The molecule has 106 valence electrons. The maximum absolute atomic E-state index is 11.9. The third-order valence-electron chi connectivity index (χ3n) is 5.38. The van der Waals surface area contributed by atoms with Gasteiger partial charge in [-0.3, -0.25) is 13.9 Å². The van der Waals surface area contributed by atoms with Crippen molar-refractivity contribution in [3.8, 4) is 0 Å². The second-order valence-corrected chi connectivity index (χ2v) is 7.78. The first kappa shape index (κ1) is 14.1. The van der Waals surface area contributed by atoms with Crippen molar-refractivity contribution in [2.24, 2.45) is 22.2 Å². The van der Waals surface area contributed by atoms with Gasteiger partial charge in [0, 0.05) is 10.8 Å². The Morgan fingerprint density at radius 1 is 1.00 bits per heavy atom. The van der Waals surface area contributed by atoms with E-state index in [0.29, 0.717) is 31.8 Å². The molecule has 0 amide bonds. The van der Waals surface area contributed by atoms with Crippen molar-refractivity contribution in [1.82, 2.24) is 0 Å². The van der Waals surface area contributed by atoms with E-state index in [1.54, 1.807) is 0 Å². The summed E-state index contributed by atoms with van der Waals surface area (Å²) in [4.78, 5) is 23.9. The van der Waals surface area contributed by atoms with E-state index in [-0.39, 0.29) is 15.9 Å². The fourth-order valence-corrected chi connectivity index (χ4v) is 6.01. The molecule has 0 radical (unpaired) electrons. The second-order valence-electron chi connectivity index (χ2n) is 6.87. The van der Waals surface area contributed by atoms with E-state index in [1.165, 1.54) is 0 Å². The molecule has 2 atom stereocenters. The minimum Gasteiger partial charge on any atom is -0.281 e. The fourth-order valence-electron chi connectivity index (χ4n) is 5.35. The molecule has 4 aliphatic carbocycles. The highest BCUT2D eigenvalue weighted by atomic mass is 35.5. The van der Waals surface area contributed by atoms with Gasteiger partial charge in [0.15, 0.2) is 0 Å². The smallest absolute Gasteiger partial charge is 0.227 e. The van der Waals surface area contributed by atoms with Gasteiger partial charge in [0.1, 0.15) is 0 Å². The molecule has 0 saturated heterocycles. The lowest BCUT2D eigenvalue weighted by Crippen LogP contribution is -2.61. The van der Waals surface area contributed by atoms with Crippen molar-refractivity contribution in [1.29, 1.82) is 0 Å². The van der Waals surface area contributed by atoms with E-state index < -0.39 is 10.8 Å². The van der Waals surface area contributed by atoms with Gasteiger partial charge in [-0.15, -0.1) is 0 Å². The van der Waals surface area contributed by atoms with E-state index in [0.717, 1.165) is 19.3 Å². The van der Waals surface area contributed by atoms with Crippen LogP contribution >= 0.6 is 35.1 Å². The highest BCUT2D eigenvalue weighted by molar-refractivity contribution is 6.65. The summed E-state index contributed by atoms with van der Waals surface area (Å²) in [6.07, 6.45) is 4.30. The molecule has 0 N–H and O–H groups in total. The number of halogens is 3. The van der Waals surface area contributed by atoms with Crippen molar-refractivity contribution in [2.45, 2.75) is 38.5 Å². The van der Waals surface area contributed by atoms with E-state index in [2.05, 4.69) is 0 Å². The van der Waals surface area contributed by atoms with Crippen molar-refractivity contribution in [3.05, 3.63) is 0 Å². The van der Waals surface area contributed by atoms with Crippen LogP contribution in [0, 0.1) is 22.2 Å². The summed E-state index contributed by atoms with van der Waals surface area (Å²) < 4.78 is 4.84. The largest absolute Gasteiger partial charge is 0.281 e. The Kier molecular flexibility index (Phi) is 3.22. The van der Waals surface area contributed by atoms with Gasteiger partial charge in [-0.2, -0.15) is 0 Å². The van der Waals surface area contributed by atoms with Crippen LogP contribution in [-0.4, -0.2) is 17.1 Å². The number of hydrogen-bond acceptors (Lipinski definition) is 3. The lowest BCUT2D eigenvalue weighted by molar-refractivity contribution is -0.177. The number of carbonyl (C=O) groups excluding carboxylic acids is 2. The summed E-state index contributed by atoms with van der Waals surface area (Å²) in [5.41, 5.74) is -1.45. The van der Waals surface area contributed by atoms with Gasteiger partial charge in [-0.25, -0.2) is 0 Å². The maximum Gasteiger partial charge on any atom is 0.227 e. The summed E-state index contributed by atoms with van der Waals surface area (Å²) in [5, 5.41) is -0.671. The Hall–Kier alpha value is 0.170. The van der Waals surface area contributed by atoms with Crippen LogP contribution in [0.4, 0.5) is 0 Å². The van der Waals surface area contributed by atoms with Crippen LogP contribution in [-0.2, 0) is 13.9 Å². The monoisotopic (exact) mass is 324 g/mol. The molecule has 0 heterocycles. The standard InChI is InChI=1S/C13H15Cl3O3/c14-9(17)12-2-8-1-11(4-12,7-19-16)5-13(3-8,6-12)10(15)18/h8H,1-7H2. The normalized spacial score (nSPS) is 47.4. The molecule has 4 rings (SSSR count). The zero-order chi connectivity index (χ0) is 13.9. The molecule has 3 nitrogen and oxygen atoms in total. The zero-order valence-electron chi connectivity index (χ0n) is 10.4. The van der Waals surface area contributed by atoms with Gasteiger partial charge in [-0.1, -0.05) is 0 Å². The highest BCUT2D eigenvalue weighted by Gasteiger charge is 2.67. The summed E-state index contributed by atoms with van der Waals surface area (Å²) in [7, 11) is 0. The first-order chi connectivity index (χ1) is 8.85. The van der Waals surface area contributed by atoms with Crippen molar-refractivity contribution >= 4 is 45.6 Å². The van der Waals surface area contributed by atoms with Gasteiger partial charge in [0.2, 0.25) is 10.5 Å². The Bertz CT molecular complexity index is 420. The molecule has 0 spiro atoms. The predicted octanol–water partition coefficient (Wildman–Crippen LogP) is 3.64. The third kappa shape index (κ3) is 1.97. The molecule has 6 heteroatoms. The van der Waals surface area contributed by atoms with Gasteiger partial charge < -0.3 is 0 Å². The molecule has 0 aromatic carbocycles. The summed E-state index contributed by atoms with van der Waals surface area (Å²) >= 11 is 17.2. The molecular weight excluding hydrogens is 310 g/mol. The van der Waals surface area contributed by atoms with Crippen LogP contribution in [0.3, 0.4) is 0 Å². The van der Waals surface area contributed by atoms with Crippen molar-refractivity contribution < 1.29 is 13.9 Å². The van der Waals surface area contributed by atoms with Crippen LogP contribution in [0.1, 0.15) is 38.5 Å². The quantitative estimate of drug-likeness (QED) is 0.741. The number of carbonyl (C=O) groups is 2. The van der Waals surface area contributed by atoms with Crippen LogP contribution in [0.5, 0.6) is 0 Å².